The van der Waals surface area contributed by atoms with E-state index in [2.05, 4.69) is 20.9 Å². The Balaban J connectivity index is 1.70. The molecule has 216 valence electrons. The van der Waals surface area contributed by atoms with Crippen LogP contribution in [-0.2, 0) is 22.1 Å². The first kappa shape index (κ1) is 30.5. The monoisotopic (exact) mass is 562 g/mol. The molecule has 0 saturated heterocycles. The van der Waals surface area contributed by atoms with Gasteiger partial charge in [0.25, 0.3) is 5.91 Å². The molecule has 1 unspecified atom stereocenters. The molecule has 1 aliphatic rings. The van der Waals surface area contributed by atoms with Crippen molar-refractivity contribution in [3.8, 4) is 0 Å². The van der Waals surface area contributed by atoms with Crippen molar-refractivity contribution >= 4 is 35.2 Å². The van der Waals surface area contributed by atoms with Crippen LogP contribution in [0.2, 0.25) is 0 Å². The van der Waals surface area contributed by atoms with Gasteiger partial charge in [0.1, 0.15) is 11.9 Å². The van der Waals surface area contributed by atoms with E-state index >= 15 is 0 Å². The number of halogens is 3. The van der Waals surface area contributed by atoms with E-state index in [0.29, 0.717) is 30.1 Å². The van der Waals surface area contributed by atoms with E-state index in [1.807, 2.05) is 13.8 Å². The molecule has 3 rings (SSSR count). The van der Waals surface area contributed by atoms with Crippen molar-refractivity contribution in [1.29, 1.82) is 0 Å². The molecule has 0 radical (unpaired) electrons. The lowest BCUT2D eigenvalue weighted by molar-refractivity contribution is -0.139. The molecule has 0 spiro atoms. The van der Waals surface area contributed by atoms with E-state index in [4.69, 9.17) is 4.74 Å². The number of nitrogens with one attached hydrogen (secondary N) is 3. The Morgan fingerprint density at radius 1 is 1.02 bits per heavy atom. The van der Waals surface area contributed by atoms with Gasteiger partial charge in [-0.3, -0.25) is 9.79 Å². The number of nitrogens with zero attached hydrogens (tertiary/aromatic N) is 1. The summed E-state index contributed by atoms with van der Waals surface area (Å²) in [6, 6.07) is 7.93. The van der Waals surface area contributed by atoms with Crippen LogP contribution in [0.4, 0.5) is 29.3 Å². The van der Waals surface area contributed by atoms with Gasteiger partial charge >= 0.3 is 18.2 Å². The fourth-order valence-electron chi connectivity index (χ4n) is 3.93. The minimum atomic E-state index is -4.66. The molecule has 40 heavy (non-hydrogen) atoms. The molecule has 2 amide bonds. The zero-order valence-corrected chi connectivity index (χ0v) is 22.3. The lowest BCUT2D eigenvalue weighted by Crippen LogP contribution is -2.42. The van der Waals surface area contributed by atoms with E-state index < -0.39 is 35.8 Å². The number of carboxylic acids is 1. The van der Waals surface area contributed by atoms with Crippen molar-refractivity contribution in [3.63, 3.8) is 0 Å². The summed E-state index contributed by atoms with van der Waals surface area (Å²) in [5.41, 5.74) is -0.193. The Labute approximate surface area is 230 Å². The quantitative estimate of drug-likeness (QED) is 0.309. The molecule has 0 saturated carbocycles. The number of aliphatic imine (C=N–C) groups is 1. The van der Waals surface area contributed by atoms with Gasteiger partial charge in [-0.2, -0.15) is 13.2 Å². The average Bonchev–Trinajstić information content (AvgIpc) is 3.16. The van der Waals surface area contributed by atoms with Crippen molar-refractivity contribution in [3.05, 3.63) is 59.2 Å². The summed E-state index contributed by atoms with van der Waals surface area (Å²) >= 11 is 0. The topological polar surface area (TPSA) is 129 Å². The Bertz CT molecular complexity index is 1230. The first-order valence-corrected chi connectivity index (χ1v) is 13.0. The molecule has 1 heterocycles. The molecule has 1 aliphatic heterocycles. The number of hydrogen-bond acceptors (Lipinski definition) is 6. The van der Waals surface area contributed by atoms with Crippen LogP contribution < -0.4 is 16.0 Å². The minimum Gasteiger partial charge on any atom is -0.480 e. The Kier molecular flexibility index (Phi) is 10.5. The summed E-state index contributed by atoms with van der Waals surface area (Å²) in [6.07, 6.45) is -2.16. The van der Waals surface area contributed by atoms with E-state index in [1.54, 1.807) is 12.1 Å². The van der Waals surface area contributed by atoms with Crippen LogP contribution in [0.25, 0.3) is 0 Å². The summed E-state index contributed by atoms with van der Waals surface area (Å²) in [6.45, 7) is 4.43. The van der Waals surface area contributed by atoms with Gasteiger partial charge in [0.15, 0.2) is 0 Å². The van der Waals surface area contributed by atoms with E-state index in [-0.39, 0.29) is 30.2 Å². The summed E-state index contributed by atoms with van der Waals surface area (Å²) in [4.78, 5) is 40.7. The summed E-state index contributed by atoms with van der Waals surface area (Å²) in [5.74, 6) is -1.32. The number of alkyl halides is 3. The van der Waals surface area contributed by atoms with Gasteiger partial charge in [-0.1, -0.05) is 32.4 Å². The van der Waals surface area contributed by atoms with Crippen LogP contribution in [0.15, 0.2) is 47.5 Å². The van der Waals surface area contributed by atoms with E-state index in [9.17, 15) is 32.7 Å². The number of ether oxygens (including phenoxy) is 1. The van der Waals surface area contributed by atoms with Crippen molar-refractivity contribution in [2.75, 3.05) is 23.8 Å². The molecule has 2 aromatic rings. The summed E-state index contributed by atoms with van der Waals surface area (Å²) in [5, 5.41) is 17.3. The van der Waals surface area contributed by atoms with E-state index in [1.165, 1.54) is 18.2 Å². The van der Waals surface area contributed by atoms with Gasteiger partial charge in [0.05, 0.1) is 12.2 Å². The van der Waals surface area contributed by atoms with Crippen molar-refractivity contribution in [1.82, 2.24) is 5.32 Å². The second-order valence-electron chi connectivity index (χ2n) is 9.94. The average molecular weight is 563 g/mol. The summed E-state index contributed by atoms with van der Waals surface area (Å²) in [7, 11) is 0. The molecular weight excluding hydrogens is 529 g/mol. The number of alkyl carbamates (subject to hydrolysis) is 1. The van der Waals surface area contributed by atoms with Gasteiger partial charge in [-0.05, 0) is 54.7 Å². The SMILES string of the molecule is CC(C)COC(=O)NC(Cc1ccc(NC(=O)c2cc(NC3=NCCCCC3)cc(C(F)(F)F)c2)cc1)C(=O)O. The second kappa shape index (κ2) is 13.8. The number of amides is 2. The van der Waals surface area contributed by atoms with Crippen LogP contribution in [0, 0.1) is 5.92 Å². The molecular formula is C28H33F3N4O5. The lowest BCUT2D eigenvalue weighted by Gasteiger charge is -2.16. The second-order valence-corrected chi connectivity index (χ2v) is 9.94. The zero-order chi connectivity index (χ0) is 29.3. The maximum absolute atomic E-state index is 13.6. The molecule has 1 atom stereocenters. The zero-order valence-electron chi connectivity index (χ0n) is 22.3. The molecule has 0 aliphatic carbocycles. The smallest absolute Gasteiger partial charge is 0.416 e. The number of aliphatic carboxylic acids is 1. The predicted octanol–water partition coefficient (Wildman–Crippen LogP) is 5.72. The summed E-state index contributed by atoms with van der Waals surface area (Å²) < 4.78 is 45.7. The first-order valence-electron chi connectivity index (χ1n) is 13.0. The number of rotatable bonds is 9. The number of amidine groups is 1. The van der Waals surface area contributed by atoms with Crippen LogP contribution >= 0.6 is 0 Å². The molecule has 9 nitrogen and oxygen atoms in total. The molecule has 2 aromatic carbocycles. The van der Waals surface area contributed by atoms with Gasteiger partial charge in [0.2, 0.25) is 0 Å². The van der Waals surface area contributed by atoms with Gasteiger partial charge in [0, 0.05) is 36.3 Å². The third-order valence-electron chi connectivity index (χ3n) is 5.98. The number of carbonyl (C=O) groups excluding carboxylic acids is 2. The maximum Gasteiger partial charge on any atom is 0.416 e. The Hall–Kier alpha value is -4.09. The van der Waals surface area contributed by atoms with E-state index in [0.717, 1.165) is 31.4 Å². The van der Waals surface area contributed by atoms with Crippen molar-refractivity contribution in [2.24, 2.45) is 10.9 Å². The lowest BCUT2D eigenvalue weighted by atomic mass is 10.1. The molecule has 4 N–H and O–H groups in total. The number of carboxylic acid groups (broad SMARTS) is 1. The minimum absolute atomic E-state index is 0.0487. The third-order valence-corrected chi connectivity index (χ3v) is 5.98. The van der Waals surface area contributed by atoms with Crippen LogP contribution in [-0.4, -0.2) is 48.1 Å². The first-order chi connectivity index (χ1) is 18.9. The van der Waals surface area contributed by atoms with Crippen LogP contribution in [0.5, 0.6) is 0 Å². The molecule has 0 bridgehead atoms. The largest absolute Gasteiger partial charge is 0.480 e. The fraction of sp³-hybridized carbons (Fsp3) is 0.429. The number of anilines is 2. The highest BCUT2D eigenvalue weighted by Gasteiger charge is 2.32. The van der Waals surface area contributed by atoms with Gasteiger partial charge in [-0.25, -0.2) is 9.59 Å². The fourth-order valence-corrected chi connectivity index (χ4v) is 3.93. The normalized spacial score (nSPS) is 14.5. The predicted molar refractivity (Wildman–Crippen MR) is 145 cm³/mol. The highest BCUT2D eigenvalue weighted by molar-refractivity contribution is 6.06. The van der Waals surface area contributed by atoms with Crippen LogP contribution in [0.3, 0.4) is 0 Å². The highest BCUT2D eigenvalue weighted by atomic mass is 19.4. The van der Waals surface area contributed by atoms with Gasteiger partial charge in [-0.15, -0.1) is 0 Å². The van der Waals surface area contributed by atoms with Crippen molar-refractivity contribution in [2.45, 2.75) is 58.2 Å². The van der Waals surface area contributed by atoms with Crippen molar-refractivity contribution < 1.29 is 37.4 Å². The highest BCUT2D eigenvalue weighted by Crippen LogP contribution is 2.32. The standard InChI is InChI=1S/C28H33F3N4O5/c1-17(2)16-40-27(39)35-23(26(37)38)12-18-7-9-21(10-8-18)34-25(36)19-13-20(28(29,30)31)15-22(14-19)33-24-6-4-3-5-11-32-24/h7-10,13-15,17,23H,3-6,11-12,16H2,1-2H3,(H,32,33)(H,34,36)(H,35,39)(H,37,38). The third kappa shape index (κ3) is 9.58. The number of carbonyl (C=O) groups is 3. The Morgan fingerprint density at radius 2 is 1.75 bits per heavy atom. The number of hydrogen-bond donors (Lipinski definition) is 4. The van der Waals surface area contributed by atoms with Crippen LogP contribution in [0.1, 0.15) is 61.0 Å². The maximum atomic E-state index is 13.6. The number of benzene rings is 2. The molecule has 0 aromatic heterocycles. The van der Waals surface area contributed by atoms with Gasteiger partial charge < -0.3 is 25.8 Å². The molecule has 0 fully saturated rings. The Morgan fingerprint density at radius 3 is 2.40 bits per heavy atom. The molecule has 12 heteroatoms.